The van der Waals surface area contributed by atoms with Crippen LogP contribution in [-0.2, 0) is 16.6 Å². The zero-order valence-corrected chi connectivity index (χ0v) is 12.7. The molecule has 2 rings (SSSR count). The van der Waals surface area contributed by atoms with Gasteiger partial charge in [-0.25, -0.2) is 13.1 Å². The second kappa shape index (κ2) is 6.11. The minimum atomic E-state index is -3.53. The van der Waals surface area contributed by atoms with Crippen LogP contribution < -0.4 is 15.2 Å². The summed E-state index contributed by atoms with van der Waals surface area (Å²) in [6.45, 7) is 2.46. The molecule has 0 bridgehead atoms. The highest BCUT2D eigenvalue weighted by Crippen LogP contribution is 2.36. The Morgan fingerprint density at radius 3 is 2.80 bits per heavy atom. The molecule has 0 heterocycles. The zero-order valence-electron chi connectivity index (χ0n) is 11.9. The van der Waals surface area contributed by atoms with Crippen molar-refractivity contribution in [2.75, 3.05) is 7.11 Å². The Bertz CT molecular complexity index is 572. The molecule has 6 heteroatoms. The average Bonchev–Trinajstić information content (AvgIpc) is 3.15. The number of nitrogens with two attached hydrogens (primary N) is 1. The SMILES string of the molecule is CCCC1CC1NS(=O)(=O)c1ccc(CN)cc1OC. The fourth-order valence-electron chi connectivity index (χ4n) is 2.41. The molecule has 1 fully saturated rings. The van der Waals surface area contributed by atoms with E-state index in [1.54, 1.807) is 18.2 Å². The summed E-state index contributed by atoms with van der Waals surface area (Å²) in [5.74, 6) is 0.817. The highest BCUT2D eigenvalue weighted by Gasteiger charge is 2.39. The van der Waals surface area contributed by atoms with Crippen LogP contribution >= 0.6 is 0 Å². The Morgan fingerprint density at radius 1 is 1.45 bits per heavy atom. The van der Waals surface area contributed by atoms with E-state index in [2.05, 4.69) is 11.6 Å². The van der Waals surface area contributed by atoms with E-state index in [9.17, 15) is 8.42 Å². The molecule has 5 nitrogen and oxygen atoms in total. The molecule has 3 N–H and O–H groups in total. The monoisotopic (exact) mass is 298 g/mol. The van der Waals surface area contributed by atoms with Crippen molar-refractivity contribution < 1.29 is 13.2 Å². The van der Waals surface area contributed by atoms with Crippen molar-refractivity contribution in [3.63, 3.8) is 0 Å². The highest BCUT2D eigenvalue weighted by atomic mass is 32.2. The molecule has 0 saturated heterocycles. The number of nitrogens with one attached hydrogen (secondary N) is 1. The third-order valence-electron chi connectivity index (χ3n) is 3.64. The summed E-state index contributed by atoms with van der Waals surface area (Å²) in [5, 5.41) is 0. The number of ether oxygens (including phenoxy) is 1. The summed E-state index contributed by atoms with van der Waals surface area (Å²) in [4.78, 5) is 0.180. The summed E-state index contributed by atoms with van der Waals surface area (Å²) < 4.78 is 32.7. The van der Waals surface area contributed by atoms with Gasteiger partial charge in [0.05, 0.1) is 7.11 Å². The fraction of sp³-hybridized carbons (Fsp3) is 0.571. The number of methoxy groups -OCH3 is 1. The van der Waals surface area contributed by atoms with E-state index in [1.807, 2.05) is 0 Å². The van der Waals surface area contributed by atoms with Crippen molar-refractivity contribution in [2.24, 2.45) is 11.7 Å². The maximum Gasteiger partial charge on any atom is 0.244 e. The van der Waals surface area contributed by atoms with Crippen molar-refractivity contribution in [3.05, 3.63) is 23.8 Å². The molecule has 2 atom stereocenters. The largest absolute Gasteiger partial charge is 0.495 e. The first-order valence-electron chi connectivity index (χ1n) is 6.91. The summed E-state index contributed by atoms with van der Waals surface area (Å²) in [6.07, 6.45) is 3.07. The van der Waals surface area contributed by atoms with Crippen LogP contribution in [0.3, 0.4) is 0 Å². The van der Waals surface area contributed by atoms with E-state index in [0.717, 1.165) is 24.8 Å². The van der Waals surface area contributed by atoms with Gasteiger partial charge in [0.2, 0.25) is 10.0 Å². The lowest BCUT2D eigenvalue weighted by atomic mass is 10.2. The molecule has 0 aliphatic heterocycles. The Hall–Kier alpha value is -1.11. The molecule has 2 unspecified atom stereocenters. The maximum absolute atomic E-state index is 12.4. The number of hydrogen-bond acceptors (Lipinski definition) is 4. The van der Waals surface area contributed by atoms with Gasteiger partial charge < -0.3 is 10.5 Å². The number of hydrogen-bond donors (Lipinski definition) is 2. The summed E-state index contributed by atoms with van der Waals surface area (Å²) >= 11 is 0. The Balaban J connectivity index is 2.17. The van der Waals surface area contributed by atoms with Crippen LogP contribution in [0.25, 0.3) is 0 Å². The second-order valence-electron chi connectivity index (χ2n) is 5.20. The maximum atomic E-state index is 12.4. The van der Waals surface area contributed by atoms with Crippen LogP contribution in [0.15, 0.2) is 23.1 Å². The molecular formula is C14H22N2O3S. The second-order valence-corrected chi connectivity index (χ2v) is 6.88. The number of sulfonamides is 1. The molecule has 1 aromatic rings. The molecule has 0 aromatic heterocycles. The topological polar surface area (TPSA) is 81.4 Å². The highest BCUT2D eigenvalue weighted by molar-refractivity contribution is 7.89. The van der Waals surface area contributed by atoms with Crippen LogP contribution in [0, 0.1) is 5.92 Å². The third kappa shape index (κ3) is 3.31. The number of benzene rings is 1. The van der Waals surface area contributed by atoms with Crippen molar-refractivity contribution in [2.45, 2.75) is 43.7 Å². The van der Waals surface area contributed by atoms with Crippen LogP contribution in [0.2, 0.25) is 0 Å². The van der Waals surface area contributed by atoms with Gasteiger partial charge in [-0.15, -0.1) is 0 Å². The lowest BCUT2D eigenvalue weighted by molar-refractivity contribution is 0.401. The Morgan fingerprint density at radius 2 is 2.20 bits per heavy atom. The van der Waals surface area contributed by atoms with Gasteiger partial charge >= 0.3 is 0 Å². The molecule has 1 aliphatic rings. The third-order valence-corrected chi connectivity index (χ3v) is 5.17. The smallest absolute Gasteiger partial charge is 0.244 e. The van der Waals surface area contributed by atoms with Crippen molar-refractivity contribution in [3.8, 4) is 5.75 Å². The zero-order chi connectivity index (χ0) is 14.8. The lowest BCUT2D eigenvalue weighted by Crippen LogP contribution is -2.27. The molecule has 0 radical (unpaired) electrons. The Kier molecular flexibility index (Phi) is 4.67. The Labute approximate surface area is 120 Å². The van der Waals surface area contributed by atoms with Crippen molar-refractivity contribution >= 4 is 10.0 Å². The minimum Gasteiger partial charge on any atom is -0.495 e. The molecule has 0 amide bonds. The molecule has 112 valence electrons. The van der Waals surface area contributed by atoms with E-state index < -0.39 is 10.0 Å². The van der Waals surface area contributed by atoms with Gasteiger partial charge in [0.15, 0.2) is 0 Å². The van der Waals surface area contributed by atoms with Crippen LogP contribution in [0.5, 0.6) is 5.75 Å². The van der Waals surface area contributed by atoms with Gasteiger partial charge in [0.25, 0.3) is 0 Å². The molecular weight excluding hydrogens is 276 g/mol. The minimum absolute atomic E-state index is 0.0684. The fourth-order valence-corrected chi connectivity index (χ4v) is 3.87. The predicted octanol–water partition coefficient (Wildman–Crippen LogP) is 1.62. The van der Waals surface area contributed by atoms with E-state index >= 15 is 0 Å². The summed E-state index contributed by atoms with van der Waals surface area (Å²) in [5.41, 5.74) is 6.40. The standard InChI is InChI=1S/C14H22N2O3S/c1-3-4-11-8-12(11)16-20(17,18)14-6-5-10(9-15)7-13(14)19-2/h5-7,11-12,16H,3-4,8-9,15H2,1-2H3. The van der Waals surface area contributed by atoms with E-state index in [-0.39, 0.29) is 10.9 Å². The normalized spacial score (nSPS) is 21.8. The first-order chi connectivity index (χ1) is 9.51. The van der Waals surface area contributed by atoms with Crippen LogP contribution in [-0.4, -0.2) is 21.6 Å². The van der Waals surface area contributed by atoms with Gasteiger partial charge in [-0.2, -0.15) is 0 Å². The molecule has 1 saturated carbocycles. The molecule has 1 aliphatic carbocycles. The summed E-state index contributed by atoms with van der Waals surface area (Å²) in [6, 6.07) is 5.01. The van der Waals surface area contributed by atoms with E-state index in [0.29, 0.717) is 18.2 Å². The van der Waals surface area contributed by atoms with Crippen LogP contribution in [0.1, 0.15) is 31.7 Å². The van der Waals surface area contributed by atoms with Crippen molar-refractivity contribution in [1.29, 1.82) is 0 Å². The van der Waals surface area contributed by atoms with Gasteiger partial charge in [0.1, 0.15) is 10.6 Å². The van der Waals surface area contributed by atoms with Gasteiger partial charge in [-0.1, -0.05) is 19.4 Å². The molecule has 1 aromatic carbocycles. The molecule has 0 spiro atoms. The first kappa shape index (κ1) is 15.3. The summed E-state index contributed by atoms with van der Waals surface area (Å²) in [7, 11) is -2.07. The van der Waals surface area contributed by atoms with Crippen molar-refractivity contribution in [1.82, 2.24) is 4.72 Å². The van der Waals surface area contributed by atoms with E-state index in [4.69, 9.17) is 10.5 Å². The van der Waals surface area contributed by atoms with Crippen LogP contribution in [0.4, 0.5) is 0 Å². The van der Waals surface area contributed by atoms with Gasteiger partial charge in [-0.3, -0.25) is 0 Å². The van der Waals surface area contributed by atoms with E-state index in [1.165, 1.54) is 7.11 Å². The average molecular weight is 298 g/mol. The number of rotatable bonds is 7. The molecule has 20 heavy (non-hydrogen) atoms. The van der Waals surface area contributed by atoms with Gasteiger partial charge in [0, 0.05) is 12.6 Å². The first-order valence-corrected chi connectivity index (χ1v) is 8.39. The predicted molar refractivity (Wildman–Crippen MR) is 78.0 cm³/mol. The quantitative estimate of drug-likeness (QED) is 0.801. The lowest BCUT2D eigenvalue weighted by Gasteiger charge is -2.12. The van der Waals surface area contributed by atoms with Gasteiger partial charge in [-0.05, 0) is 36.5 Å².